The first kappa shape index (κ1) is 15.1. The third-order valence-corrected chi connectivity index (χ3v) is 3.85. The SMILES string of the molecule is CCOc1cc([C@@H](CC)N2CCNCC2)ccc1OC. The van der Waals surface area contributed by atoms with Crippen molar-refractivity contribution >= 4 is 0 Å². The van der Waals surface area contributed by atoms with Gasteiger partial charge >= 0.3 is 0 Å². The molecule has 1 saturated heterocycles. The van der Waals surface area contributed by atoms with Gasteiger partial charge in [-0.3, -0.25) is 4.90 Å². The summed E-state index contributed by atoms with van der Waals surface area (Å²) in [4.78, 5) is 2.55. The fraction of sp³-hybridized carbons (Fsp3) is 0.625. The van der Waals surface area contributed by atoms with E-state index in [1.807, 2.05) is 13.0 Å². The Kier molecular flexibility index (Phi) is 5.68. The summed E-state index contributed by atoms with van der Waals surface area (Å²) in [5.41, 5.74) is 1.32. The van der Waals surface area contributed by atoms with Gasteiger partial charge in [0.15, 0.2) is 11.5 Å². The lowest BCUT2D eigenvalue weighted by Gasteiger charge is -2.35. The number of hydrogen-bond donors (Lipinski definition) is 1. The molecule has 4 heteroatoms. The van der Waals surface area contributed by atoms with Crippen LogP contribution in [0.4, 0.5) is 0 Å². The zero-order valence-corrected chi connectivity index (χ0v) is 12.8. The van der Waals surface area contributed by atoms with Gasteiger partial charge in [0.25, 0.3) is 0 Å². The van der Waals surface area contributed by atoms with Crippen molar-refractivity contribution in [2.45, 2.75) is 26.3 Å². The number of nitrogens with one attached hydrogen (secondary N) is 1. The molecule has 0 unspecified atom stereocenters. The van der Waals surface area contributed by atoms with E-state index in [1.165, 1.54) is 5.56 Å². The first-order chi connectivity index (χ1) is 9.80. The minimum absolute atomic E-state index is 0.460. The van der Waals surface area contributed by atoms with Crippen LogP contribution in [0.3, 0.4) is 0 Å². The molecular weight excluding hydrogens is 252 g/mol. The summed E-state index contributed by atoms with van der Waals surface area (Å²) in [6, 6.07) is 6.78. The lowest BCUT2D eigenvalue weighted by atomic mass is 10.0. The minimum Gasteiger partial charge on any atom is -0.493 e. The summed E-state index contributed by atoms with van der Waals surface area (Å²) in [6.07, 6.45) is 1.11. The molecule has 0 radical (unpaired) electrons. The van der Waals surface area contributed by atoms with Gasteiger partial charge in [0.2, 0.25) is 0 Å². The molecular formula is C16H26N2O2. The van der Waals surface area contributed by atoms with E-state index in [1.54, 1.807) is 7.11 Å². The van der Waals surface area contributed by atoms with Crippen LogP contribution in [-0.4, -0.2) is 44.8 Å². The molecule has 1 atom stereocenters. The third-order valence-electron chi connectivity index (χ3n) is 3.85. The molecule has 4 nitrogen and oxygen atoms in total. The molecule has 1 N–H and O–H groups in total. The van der Waals surface area contributed by atoms with Crippen LogP contribution in [0.1, 0.15) is 31.9 Å². The van der Waals surface area contributed by atoms with E-state index in [2.05, 4.69) is 29.3 Å². The van der Waals surface area contributed by atoms with Gasteiger partial charge in [-0.2, -0.15) is 0 Å². The average Bonchev–Trinajstić information content (AvgIpc) is 2.50. The summed E-state index contributed by atoms with van der Waals surface area (Å²) in [7, 11) is 1.69. The largest absolute Gasteiger partial charge is 0.493 e. The fourth-order valence-electron chi connectivity index (χ4n) is 2.87. The third kappa shape index (κ3) is 3.44. The molecule has 1 aliphatic rings. The van der Waals surface area contributed by atoms with E-state index in [-0.39, 0.29) is 0 Å². The second-order valence-electron chi connectivity index (χ2n) is 5.05. The maximum Gasteiger partial charge on any atom is 0.161 e. The van der Waals surface area contributed by atoms with Gasteiger partial charge in [0.1, 0.15) is 0 Å². The van der Waals surface area contributed by atoms with E-state index in [4.69, 9.17) is 9.47 Å². The van der Waals surface area contributed by atoms with Gasteiger partial charge < -0.3 is 14.8 Å². The summed E-state index contributed by atoms with van der Waals surface area (Å²) >= 11 is 0. The lowest BCUT2D eigenvalue weighted by Crippen LogP contribution is -2.45. The Hall–Kier alpha value is -1.26. The predicted molar refractivity (Wildman–Crippen MR) is 81.6 cm³/mol. The maximum atomic E-state index is 5.69. The van der Waals surface area contributed by atoms with Crippen molar-refractivity contribution < 1.29 is 9.47 Å². The van der Waals surface area contributed by atoms with Gasteiger partial charge in [-0.1, -0.05) is 13.0 Å². The van der Waals surface area contributed by atoms with Crippen LogP contribution in [-0.2, 0) is 0 Å². The number of hydrogen-bond acceptors (Lipinski definition) is 4. The average molecular weight is 278 g/mol. The molecule has 0 bridgehead atoms. The zero-order chi connectivity index (χ0) is 14.4. The maximum absolute atomic E-state index is 5.69. The summed E-state index contributed by atoms with van der Waals surface area (Å²) < 4.78 is 11.1. The molecule has 0 saturated carbocycles. The molecule has 2 rings (SSSR count). The molecule has 0 spiro atoms. The first-order valence-electron chi connectivity index (χ1n) is 7.55. The summed E-state index contributed by atoms with van der Waals surface area (Å²) in [5, 5.41) is 3.41. The minimum atomic E-state index is 0.460. The van der Waals surface area contributed by atoms with Gasteiger partial charge in [-0.15, -0.1) is 0 Å². The second-order valence-corrected chi connectivity index (χ2v) is 5.05. The van der Waals surface area contributed by atoms with Gasteiger partial charge in [0.05, 0.1) is 13.7 Å². The highest BCUT2D eigenvalue weighted by Crippen LogP contribution is 2.33. The van der Waals surface area contributed by atoms with Crippen molar-refractivity contribution in [2.24, 2.45) is 0 Å². The van der Waals surface area contributed by atoms with Crippen LogP contribution in [0.5, 0.6) is 11.5 Å². The molecule has 20 heavy (non-hydrogen) atoms. The van der Waals surface area contributed by atoms with E-state index in [0.29, 0.717) is 12.6 Å². The Labute approximate surface area is 122 Å². The van der Waals surface area contributed by atoms with Gasteiger partial charge in [-0.25, -0.2) is 0 Å². The lowest BCUT2D eigenvalue weighted by molar-refractivity contribution is 0.169. The van der Waals surface area contributed by atoms with Crippen molar-refractivity contribution in [3.8, 4) is 11.5 Å². The highest BCUT2D eigenvalue weighted by molar-refractivity contribution is 5.44. The Balaban J connectivity index is 2.22. The van der Waals surface area contributed by atoms with Crippen LogP contribution in [0, 0.1) is 0 Å². The molecule has 1 aromatic rings. The summed E-state index contributed by atoms with van der Waals surface area (Å²) in [5.74, 6) is 1.66. The Morgan fingerprint density at radius 2 is 1.95 bits per heavy atom. The van der Waals surface area contributed by atoms with Gasteiger partial charge in [-0.05, 0) is 31.0 Å². The van der Waals surface area contributed by atoms with Crippen LogP contribution in [0.2, 0.25) is 0 Å². The zero-order valence-electron chi connectivity index (χ0n) is 12.8. The Bertz CT molecular complexity index is 417. The van der Waals surface area contributed by atoms with Crippen molar-refractivity contribution in [2.75, 3.05) is 39.9 Å². The van der Waals surface area contributed by atoms with E-state index < -0.39 is 0 Å². The molecule has 1 fully saturated rings. The van der Waals surface area contributed by atoms with E-state index in [9.17, 15) is 0 Å². The van der Waals surface area contributed by atoms with Crippen molar-refractivity contribution in [3.63, 3.8) is 0 Å². The number of methoxy groups -OCH3 is 1. The number of ether oxygens (including phenoxy) is 2. The van der Waals surface area contributed by atoms with Crippen LogP contribution in [0.15, 0.2) is 18.2 Å². The van der Waals surface area contributed by atoms with E-state index in [0.717, 1.165) is 44.1 Å². The van der Waals surface area contributed by atoms with Crippen molar-refractivity contribution in [1.29, 1.82) is 0 Å². The Morgan fingerprint density at radius 3 is 2.55 bits per heavy atom. The predicted octanol–water partition coefficient (Wildman–Crippen LogP) is 2.45. The smallest absolute Gasteiger partial charge is 0.161 e. The van der Waals surface area contributed by atoms with Crippen LogP contribution in [0.25, 0.3) is 0 Å². The molecule has 1 aromatic carbocycles. The molecule has 0 aromatic heterocycles. The molecule has 1 aliphatic heterocycles. The molecule has 0 amide bonds. The van der Waals surface area contributed by atoms with Crippen molar-refractivity contribution in [3.05, 3.63) is 23.8 Å². The van der Waals surface area contributed by atoms with Crippen molar-refractivity contribution in [1.82, 2.24) is 10.2 Å². The molecule has 1 heterocycles. The quantitative estimate of drug-likeness (QED) is 0.866. The van der Waals surface area contributed by atoms with Gasteiger partial charge in [0, 0.05) is 32.2 Å². The first-order valence-corrected chi connectivity index (χ1v) is 7.55. The monoisotopic (exact) mass is 278 g/mol. The molecule has 112 valence electrons. The highest BCUT2D eigenvalue weighted by atomic mass is 16.5. The second kappa shape index (κ2) is 7.50. The summed E-state index contributed by atoms with van der Waals surface area (Å²) in [6.45, 7) is 9.26. The topological polar surface area (TPSA) is 33.7 Å². The standard InChI is InChI=1S/C16H26N2O2/c1-4-14(18-10-8-17-9-11-18)13-6-7-15(19-3)16(12-13)20-5-2/h6-7,12,14,17H,4-5,8-11H2,1-3H3/t14-/m1/s1. The number of piperazine rings is 1. The van der Waals surface area contributed by atoms with E-state index >= 15 is 0 Å². The van der Waals surface area contributed by atoms with Crippen LogP contribution < -0.4 is 14.8 Å². The normalized spacial score (nSPS) is 17.8. The molecule has 0 aliphatic carbocycles. The fourth-order valence-corrected chi connectivity index (χ4v) is 2.87. The highest BCUT2D eigenvalue weighted by Gasteiger charge is 2.21. The number of nitrogens with zero attached hydrogens (tertiary/aromatic N) is 1. The number of benzene rings is 1. The Morgan fingerprint density at radius 1 is 1.20 bits per heavy atom. The van der Waals surface area contributed by atoms with Crippen LogP contribution >= 0.6 is 0 Å². The number of rotatable bonds is 6.